The van der Waals surface area contributed by atoms with Crippen molar-refractivity contribution in [3.8, 4) is 0 Å². The van der Waals surface area contributed by atoms with E-state index < -0.39 is 12.0 Å². The van der Waals surface area contributed by atoms with Crippen LogP contribution in [0.15, 0.2) is 0 Å². The van der Waals surface area contributed by atoms with Crippen LogP contribution in [-0.2, 0) is 14.3 Å². The summed E-state index contributed by atoms with van der Waals surface area (Å²) in [5.74, 6) is -0.750. The molecule has 17 heavy (non-hydrogen) atoms. The van der Waals surface area contributed by atoms with Gasteiger partial charge in [0.25, 0.3) is 0 Å². The predicted molar refractivity (Wildman–Crippen MR) is 63.4 cm³/mol. The number of carbonyl (C=O) groups is 2. The van der Waals surface area contributed by atoms with Crippen molar-refractivity contribution in [3.63, 3.8) is 0 Å². The Labute approximate surface area is 102 Å². The molecule has 0 spiro atoms. The molecule has 6 nitrogen and oxygen atoms in total. The van der Waals surface area contributed by atoms with Crippen molar-refractivity contribution in [1.82, 2.24) is 10.2 Å². The summed E-state index contributed by atoms with van der Waals surface area (Å²) in [6.07, 6.45) is 0.911. The number of nitrogens with zero attached hydrogens (tertiary/aromatic N) is 1. The number of esters is 1. The summed E-state index contributed by atoms with van der Waals surface area (Å²) < 4.78 is 4.63. The summed E-state index contributed by atoms with van der Waals surface area (Å²) >= 11 is 0. The van der Waals surface area contributed by atoms with E-state index in [-0.39, 0.29) is 12.5 Å². The first-order valence-corrected chi connectivity index (χ1v) is 5.73. The number of amides is 1. The van der Waals surface area contributed by atoms with Gasteiger partial charge in [0, 0.05) is 20.0 Å². The second kappa shape index (κ2) is 8.95. The van der Waals surface area contributed by atoms with Crippen LogP contribution < -0.4 is 5.32 Å². The second-order valence-electron chi connectivity index (χ2n) is 3.80. The zero-order chi connectivity index (χ0) is 13.3. The Balaban J connectivity index is 4.45. The van der Waals surface area contributed by atoms with E-state index in [4.69, 9.17) is 5.11 Å². The smallest absolute Gasteiger partial charge is 0.329 e. The molecule has 2 N–H and O–H groups in total. The van der Waals surface area contributed by atoms with Gasteiger partial charge in [-0.1, -0.05) is 6.92 Å². The van der Waals surface area contributed by atoms with Crippen molar-refractivity contribution in [1.29, 1.82) is 0 Å². The Hall–Kier alpha value is -1.14. The summed E-state index contributed by atoms with van der Waals surface area (Å²) in [6.45, 7) is 4.96. The number of hydrogen-bond donors (Lipinski definition) is 2. The maximum absolute atomic E-state index is 11.5. The summed E-state index contributed by atoms with van der Waals surface area (Å²) in [6, 6.07) is -0.685. The molecule has 1 atom stereocenters. The molecular weight excluding hydrogens is 224 g/mol. The van der Waals surface area contributed by atoms with E-state index in [1.54, 1.807) is 0 Å². The van der Waals surface area contributed by atoms with Gasteiger partial charge < -0.3 is 15.2 Å². The third-order valence-corrected chi connectivity index (χ3v) is 2.26. The van der Waals surface area contributed by atoms with Gasteiger partial charge in [-0.25, -0.2) is 4.79 Å². The van der Waals surface area contributed by atoms with Crippen molar-refractivity contribution in [2.75, 3.05) is 33.4 Å². The highest BCUT2D eigenvalue weighted by Gasteiger charge is 2.22. The molecular formula is C11H22N2O4. The van der Waals surface area contributed by atoms with Gasteiger partial charge in [0.2, 0.25) is 5.91 Å². The van der Waals surface area contributed by atoms with Crippen LogP contribution in [0.4, 0.5) is 0 Å². The molecule has 6 heteroatoms. The van der Waals surface area contributed by atoms with Crippen molar-refractivity contribution < 1.29 is 19.4 Å². The molecule has 0 saturated carbocycles. The Kier molecular flexibility index (Phi) is 8.35. The second-order valence-corrected chi connectivity index (χ2v) is 3.80. The molecule has 1 unspecified atom stereocenters. The lowest BCUT2D eigenvalue weighted by Crippen LogP contribution is -2.49. The fourth-order valence-electron chi connectivity index (χ4n) is 1.58. The van der Waals surface area contributed by atoms with Crippen LogP contribution in [0.1, 0.15) is 20.3 Å². The monoisotopic (exact) mass is 246 g/mol. The lowest BCUT2D eigenvalue weighted by Gasteiger charge is -2.25. The van der Waals surface area contributed by atoms with E-state index in [2.05, 4.69) is 10.1 Å². The summed E-state index contributed by atoms with van der Waals surface area (Å²) in [4.78, 5) is 24.4. The average Bonchev–Trinajstić information content (AvgIpc) is 2.27. The topological polar surface area (TPSA) is 78.9 Å². The molecule has 1 amide bonds. The largest absolute Gasteiger partial charge is 0.467 e. The van der Waals surface area contributed by atoms with E-state index in [1.807, 2.05) is 11.8 Å². The minimum Gasteiger partial charge on any atom is -0.467 e. The molecule has 0 saturated heterocycles. The van der Waals surface area contributed by atoms with Crippen LogP contribution in [0.2, 0.25) is 0 Å². The van der Waals surface area contributed by atoms with Crippen LogP contribution in [0.3, 0.4) is 0 Å². The van der Waals surface area contributed by atoms with Crippen molar-refractivity contribution >= 4 is 11.9 Å². The third kappa shape index (κ3) is 6.91. The SMILES string of the molecule is CCCN(CCO)CC(NC(C)=O)C(=O)OC. The number of methoxy groups -OCH3 is 1. The Morgan fingerprint density at radius 2 is 2.06 bits per heavy atom. The Morgan fingerprint density at radius 3 is 2.47 bits per heavy atom. The number of aliphatic hydroxyl groups excluding tert-OH is 1. The maximum Gasteiger partial charge on any atom is 0.329 e. The van der Waals surface area contributed by atoms with Crippen LogP contribution in [0.25, 0.3) is 0 Å². The van der Waals surface area contributed by atoms with Gasteiger partial charge >= 0.3 is 5.97 Å². The van der Waals surface area contributed by atoms with E-state index in [0.717, 1.165) is 13.0 Å². The minimum absolute atomic E-state index is 0.0218. The highest BCUT2D eigenvalue weighted by Crippen LogP contribution is 1.97. The van der Waals surface area contributed by atoms with Gasteiger partial charge in [-0.05, 0) is 13.0 Å². The molecule has 0 aliphatic carbocycles. The molecule has 0 aromatic carbocycles. The van der Waals surface area contributed by atoms with Gasteiger partial charge in [0.15, 0.2) is 0 Å². The van der Waals surface area contributed by atoms with E-state index in [0.29, 0.717) is 13.1 Å². The first-order valence-electron chi connectivity index (χ1n) is 5.73. The zero-order valence-corrected chi connectivity index (χ0v) is 10.7. The quantitative estimate of drug-likeness (QED) is 0.557. The van der Waals surface area contributed by atoms with Crippen LogP contribution >= 0.6 is 0 Å². The molecule has 0 radical (unpaired) electrons. The molecule has 0 aromatic rings. The highest BCUT2D eigenvalue weighted by molar-refractivity contribution is 5.83. The minimum atomic E-state index is -0.685. The number of hydrogen-bond acceptors (Lipinski definition) is 5. The van der Waals surface area contributed by atoms with Gasteiger partial charge in [-0.2, -0.15) is 0 Å². The fourth-order valence-corrected chi connectivity index (χ4v) is 1.58. The number of ether oxygens (including phenoxy) is 1. The molecule has 0 bridgehead atoms. The molecule has 0 rings (SSSR count). The standard InChI is InChI=1S/C11H22N2O4/c1-4-5-13(6-7-14)8-10(11(16)17-3)12-9(2)15/h10,14H,4-8H2,1-3H3,(H,12,15). The number of carbonyl (C=O) groups excluding carboxylic acids is 2. The lowest BCUT2D eigenvalue weighted by atomic mass is 10.2. The van der Waals surface area contributed by atoms with Gasteiger partial charge in [0.05, 0.1) is 13.7 Å². The molecule has 0 aliphatic heterocycles. The molecule has 0 fully saturated rings. The lowest BCUT2D eigenvalue weighted by molar-refractivity contribution is -0.145. The van der Waals surface area contributed by atoms with Crippen molar-refractivity contribution in [2.24, 2.45) is 0 Å². The van der Waals surface area contributed by atoms with Crippen LogP contribution in [0, 0.1) is 0 Å². The highest BCUT2D eigenvalue weighted by atomic mass is 16.5. The number of nitrogens with one attached hydrogen (secondary N) is 1. The summed E-state index contributed by atoms with van der Waals surface area (Å²) in [7, 11) is 1.29. The Bertz CT molecular complexity index is 240. The first-order chi connectivity index (χ1) is 8.04. The van der Waals surface area contributed by atoms with Gasteiger partial charge in [0.1, 0.15) is 6.04 Å². The average molecular weight is 246 g/mol. The van der Waals surface area contributed by atoms with E-state index in [1.165, 1.54) is 14.0 Å². The molecule has 0 aromatic heterocycles. The number of rotatable bonds is 8. The zero-order valence-electron chi connectivity index (χ0n) is 10.7. The maximum atomic E-state index is 11.5. The summed E-state index contributed by atoms with van der Waals surface area (Å²) in [5.41, 5.74) is 0. The fraction of sp³-hybridized carbons (Fsp3) is 0.818. The molecule has 0 heterocycles. The van der Waals surface area contributed by atoms with E-state index in [9.17, 15) is 9.59 Å². The van der Waals surface area contributed by atoms with E-state index >= 15 is 0 Å². The predicted octanol–water partition coefficient (Wildman–Crippen LogP) is -0.632. The van der Waals surface area contributed by atoms with Crippen molar-refractivity contribution in [2.45, 2.75) is 26.3 Å². The van der Waals surface area contributed by atoms with Crippen LogP contribution in [0.5, 0.6) is 0 Å². The third-order valence-electron chi connectivity index (χ3n) is 2.26. The van der Waals surface area contributed by atoms with Gasteiger partial charge in [-0.3, -0.25) is 9.69 Å². The number of aliphatic hydroxyl groups is 1. The first kappa shape index (κ1) is 15.9. The Morgan fingerprint density at radius 1 is 1.41 bits per heavy atom. The normalized spacial score (nSPS) is 12.3. The molecule has 0 aliphatic rings. The summed E-state index contributed by atoms with van der Waals surface area (Å²) in [5, 5.41) is 11.4. The molecule has 100 valence electrons. The van der Waals surface area contributed by atoms with Crippen molar-refractivity contribution in [3.05, 3.63) is 0 Å². The van der Waals surface area contributed by atoms with Gasteiger partial charge in [-0.15, -0.1) is 0 Å². The van der Waals surface area contributed by atoms with Crippen LogP contribution in [-0.4, -0.2) is 61.3 Å².